The molecule has 130 valence electrons. The van der Waals surface area contributed by atoms with Crippen molar-refractivity contribution in [2.75, 3.05) is 0 Å². The summed E-state index contributed by atoms with van der Waals surface area (Å²) in [5, 5.41) is 0. The maximum absolute atomic E-state index is 4.13. The molecule has 0 spiro atoms. The zero-order valence-corrected chi connectivity index (χ0v) is 16.6. The van der Waals surface area contributed by atoms with Gasteiger partial charge in [-0.2, -0.15) is 23.4 Å². The first-order chi connectivity index (χ1) is 11.4. The Morgan fingerprint density at radius 2 is 1.12 bits per heavy atom. The number of rotatable bonds is 6. The Hall–Kier alpha value is 0.222. The van der Waals surface area contributed by atoms with Crippen molar-refractivity contribution in [2.45, 2.75) is 127 Å². The molecule has 3 fully saturated rings. The molecule has 0 unspecified atom stereocenters. The molecule has 0 saturated heterocycles. The molecule has 3 aliphatic rings. The second-order valence-electron chi connectivity index (χ2n) is 8.99. The summed E-state index contributed by atoms with van der Waals surface area (Å²) in [6.07, 6.45) is 22.8. The second-order valence-corrected chi connectivity index (χ2v) is 8.99. The fourth-order valence-electron chi connectivity index (χ4n) is 6.75. The van der Waals surface area contributed by atoms with Crippen molar-refractivity contribution in [2.24, 2.45) is 0 Å². The third-order valence-corrected chi connectivity index (χ3v) is 7.80. The Kier molecular flexibility index (Phi) is 8.89. The van der Waals surface area contributed by atoms with E-state index in [2.05, 4.69) is 18.7 Å². The van der Waals surface area contributed by atoms with Crippen molar-refractivity contribution in [3.63, 3.8) is 0 Å². The van der Waals surface area contributed by atoms with Crippen LogP contribution in [0.3, 0.4) is 0 Å². The van der Waals surface area contributed by atoms with Crippen molar-refractivity contribution in [1.82, 2.24) is 0 Å². The van der Waals surface area contributed by atoms with Gasteiger partial charge in [-0.25, -0.2) is 0 Å². The summed E-state index contributed by atoms with van der Waals surface area (Å²) in [7, 11) is 0. The van der Waals surface area contributed by atoms with E-state index in [1.165, 1.54) is 103 Å². The average molecular weight is 320 g/mol. The van der Waals surface area contributed by atoms with Crippen LogP contribution >= 0.6 is 0 Å². The van der Waals surface area contributed by atoms with Crippen LogP contribution < -0.4 is 18.9 Å². The normalized spacial score (nSPS) is 23.2. The topological polar surface area (TPSA) is 0 Å². The van der Waals surface area contributed by atoms with E-state index in [1.807, 2.05) is 0 Å². The van der Waals surface area contributed by atoms with Crippen LogP contribution in [-0.4, -0.2) is 6.15 Å². The first-order valence-electron chi connectivity index (χ1n) is 11.0. The van der Waals surface area contributed by atoms with E-state index in [1.54, 1.807) is 0 Å². The van der Waals surface area contributed by atoms with E-state index in [0.29, 0.717) is 0 Å². The van der Waals surface area contributed by atoms with E-state index < -0.39 is 6.15 Å². The Balaban J connectivity index is 0.00000208. The molecule has 0 radical (unpaired) electrons. The van der Waals surface area contributed by atoms with Gasteiger partial charge in [0.1, 0.15) is 0 Å². The van der Waals surface area contributed by atoms with E-state index in [4.69, 9.17) is 0 Å². The minimum atomic E-state index is -0.403. The molecule has 0 aromatic rings. The van der Waals surface area contributed by atoms with Crippen LogP contribution in [0.1, 0.15) is 110 Å². The maximum Gasteiger partial charge on any atom is 1.00 e. The summed E-state index contributed by atoms with van der Waals surface area (Å²) in [6, 6.07) is 0. The maximum atomic E-state index is 4.13. The summed E-state index contributed by atoms with van der Waals surface area (Å²) < 4.78 is 0. The van der Waals surface area contributed by atoms with Gasteiger partial charge in [0.25, 0.3) is 0 Å². The fourth-order valence-corrected chi connectivity index (χ4v) is 6.75. The molecule has 0 aliphatic heterocycles. The molecule has 3 rings (SSSR count). The Bertz CT molecular complexity index is 363. The van der Waals surface area contributed by atoms with Gasteiger partial charge >= 0.3 is 18.9 Å². The quantitative estimate of drug-likeness (QED) is 0.387. The predicted molar refractivity (Wildman–Crippen MR) is 104 cm³/mol. The average Bonchev–Trinajstić information content (AvgIpc) is 3.35. The van der Waals surface area contributed by atoms with Crippen LogP contribution in [-0.2, 0) is 0 Å². The summed E-state index contributed by atoms with van der Waals surface area (Å²) in [5.41, 5.74) is 0. The number of hydrogen-bond acceptors (Lipinski definition) is 0. The standard InChI is InChI=1S/C22H38B.Li/c1-2-3-4-5-12-19-23(20-13-6-7-14-20,21-15-8-9-16-21)22-17-10-11-18-22;/h20-22H,2-11,13-18H2,1H3;/q-1;+1. The van der Waals surface area contributed by atoms with E-state index in [-0.39, 0.29) is 18.9 Å². The first kappa shape index (κ1) is 20.5. The predicted octanol–water partition coefficient (Wildman–Crippen LogP) is 4.39. The molecule has 0 aromatic carbocycles. The third kappa shape index (κ3) is 4.49. The molecular formula is C22H38BLi. The number of hydrogen-bond donors (Lipinski definition) is 0. The van der Waals surface area contributed by atoms with Crippen LogP contribution in [0.15, 0.2) is 0 Å². The van der Waals surface area contributed by atoms with Gasteiger partial charge in [-0.1, -0.05) is 96.8 Å². The summed E-state index contributed by atoms with van der Waals surface area (Å²) in [5.74, 6) is 10.9. The van der Waals surface area contributed by atoms with Gasteiger partial charge < -0.3 is 5.82 Å². The Morgan fingerprint density at radius 3 is 1.50 bits per heavy atom. The zero-order valence-electron chi connectivity index (χ0n) is 16.6. The molecule has 24 heavy (non-hydrogen) atoms. The van der Waals surface area contributed by atoms with E-state index in [9.17, 15) is 0 Å². The van der Waals surface area contributed by atoms with Crippen molar-refractivity contribution in [3.05, 3.63) is 0 Å². The molecule has 0 aromatic heterocycles. The Morgan fingerprint density at radius 1 is 0.708 bits per heavy atom. The van der Waals surface area contributed by atoms with Gasteiger partial charge in [-0.05, 0) is 6.42 Å². The van der Waals surface area contributed by atoms with Crippen molar-refractivity contribution >= 4 is 6.15 Å². The minimum absolute atomic E-state index is 0. The molecule has 3 saturated carbocycles. The largest absolute Gasteiger partial charge is 1.00 e. The second kappa shape index (κ2) is 10.4. The van der Waals surface area contributed by atoms with E-state index in [0.717, 1.165) is 17.5 Å². The van der Waals surface area contributed by atoms with Gasteiger partial charge in [-0.3, -0.25) is 0 Å². The van der Waals surface area contributed by atoms with Crippen LogP contribution in [0.5, 0.6) is 0 Å². The molecule has 0 heterocycles. The van der Waals surface area contributed by atoms with Crippen LogP contribution in [0, 0.1) is 11.7 Å². The molecular weight excluding hydrogens is 282 g/mol. The van der Waals surface area contributed by atoms with Crippen molar-refractivity contribution in [3.8, 4) is 11.7 Å². The van der Waals surface area contributed by atoms with Gasteiger partial charge in [0.2, 0.25) is 0 Å². The third-order valence-electron chi connectivity index (χ3n) is 7.80. The van der Waals surface area contributed by atoms with Gasteiger partial charge in [0.15, 0.2) is 0 Å². The monoisotopic (exact) mass is 320 g/mol. The first-order valence-corrected chi connectivity index (χ1v) is 11.0. The van der Waals surface area contributed by atoms with Crippen LogP contribution in [0.25, 0.3) is 0 Å². The number of unbranched alkanes of at least 4 members (excludes halogenated alkanes) is 3. The summed E-state index contributed by atoms with van der Waals surface area (Å²) in [6.45, 7) is 2.30. The fraction of sp³-hybridized carbons (Fsp3) is 0.909. The molecule has 2 heteroatoms. The minimum Gasteiger partial charge on any atom is -0.314 e. The molecule has 0 bridgehead atoms. The van der Waals surface area contributed by atoms with Gasteiger partial charge in [0, 0.05) is 6.42 Å². The van der Waals surface area contributed by atoms with Gasteiger partial charge in [0.05, 0.1) is 6.15 Å². The van der Waals surface area contributed by atoms with Crippen molar-refractivity contribution < 1.29 is 18.9 Å². The van der Waals surface area contributed by atoms with E-state index >= 15 is 0 Å². The van der Waals surface area contributed by atoms with Crippen LogP contribution in [0.4, 0.5) is 0 Å². The molecule has 0 nitrogen and oxygen atoms in total. The summed E-state index contributed by atoms with van der Waals surface area (Å²) >= 11 is 0. The molecule has 0 amide bonds. The summed E-state index contributed by atoms with van der Waals surface area (Å²) in [4.78, 5) is 0. The molecule has 0 atom stereocenters. The smallest absolute Gasteiger partial charge is 0.314 e. The van der Waals surface area contributed by atoms with Crippen molar-refractivity contribution in [1.29, 1.82) is 0 Å². The SMILES string of the molecule is CCCCCC#C[B-](C1CCCC1)(C1CCCC1)C1CCCC1.[Li+]. The molecule has 0 N–H and O–H groups in total. The zero-order chi connectivity index (χ0) is 16.0. The molecule has 3 aliphatic carbocycles. The van der Waals surface area contributed by atoms with Crippen LogP contribution in [0.2, 0.25) is 17.5 Å². The Labute approximate surface area is 163 Å². The van der Waals surface area contributed by atoms with Gasteiger partial charge in [-0.15, -0.1) is 0 Å².